The fourth-order valence-corrected chi connectivity index (χ4v) is 3.96. The number of nitrogens with one attached hydrogen (secondary N) is 1. The number of hydrogen-bond acceptors (Lipinski definition) is 5. The molecule has 2 aromatic carbocycles. The van der Waals surface area contributed by atoms with Crippen molar-refractivity contribution >= 4 is 38.8 Å². The van der Waals surface area contributed by atoms with Crippen molar-refractivity contribution in [1.82, 2.24) is 5.32 Å². The minimum absolute atomic E-state index is 0.0735. The predicted octanol–water partition coefficient (Wildman–Crippen LogP) is 2.19. The van der Waals surface area contributed by atoms with Crippen LogP contribution < -0.4 is 5.32 Å². The quantitative estimate of drug-likeness (QED) is 0.855. The van der Waals surface area contributed by atoms with Crippen LogP contribution in [0.3, 0.4) is 0 Å². The monoisotopic (exact) mass is 349 g/mol. The van der Waals surface area contributed by atoms with Crippen molar-refractivity contribution in [3.05, 3.63) is 46.9 Å². The van der Waals surface area contributed by atoms with Gasteiger partial charge in [-0.25, -0.2) is 13.2 Å². The van der Waals surface area contributed by atoms with E-state index in [-0.39, 0.29) is 9.80 Å². The van der Waals surface area contributed by atoms with E-state index >= 15 is 0 Å². The Morgan fingerprint density at radius 2 is 1.88 bits per heavy atom. The SMILES string of the molecule is O=C(F)CNC(=O)OCC1=Cc2c(ccc3ccccc23)S1(=O)=O. The summed E-state index contributed by atoms with van der Waals surface area (Å²) in [5.41, 5.74) is 0.547. The van der Waals surface area contributed by atoms with E-state index in [0.717, 1.165) is 10.8 Å². The molecule has 0 saturated heterocycles. The van der Waals surface area contributed by atoms with E-state index in [1.165, 1.54) is 12.1 Å². The summed E-state index contributed by atoms with van der Waals surface area (Å²) in [4.78, 5) is 21.5. The Hall–Kier alpha value is -2.74. The number of halogens is 1. The summed E-state index contributed by atoms with van der Waals surface area (Å²) in [5.74, 6) is 0. The van der Waals surface area contributed by atoms with E-state index < -0.39 is 35.1 Å². The van der Waals surface area contributed by atoms with Gasteiger partial charge in [0.1, 0.15) is 13.2 Å². The van der Waals surface area contributed by atoms with Crippen LogP contribution in [0.5, 0.6) is 0 Å². The molecule has 1 heterocycles. The first kappa shape index (κ1) is 16.1. The molecule has 3 rings (SSSR count). The third kappa shape index (κ3) is 2.88. The van der Waals surface area contributed by atoms with Crippen LogP contribution in [0, 0.1) is 0 Å². The zero-order chi connectivity index (χ0) is 17.3. The Morgan fingerprint density at radius 1 is 1.12 bits per heavy atom. The van der Waals surface area contributed by atoms with Crippen molar-refractivity contribution in [2.75, 3.05) is 13.2 Å². The van der Waals surface area contributed by atoms with Gasteiger partial charge in [0.2, 0.25) is 9.84 Å². The molecule has 2 aromatic rings. The lowest BCUT2D eigenvalue weighted by Gasteiger charge is -2.06. The highest BCUT2D eigenvalue weighted by molar-refractivity contribution is 7.95. The van der Waals surface area contributed by atoms with Crippen molar-refractivity contribution in [3.63, 3.8) is 0 Å². The van der Waals surface area contributed by atoms with Gasteiger partial charge in [0.15, 0.2) is 0 Å². The number of sulfone groups is 1. The molecule has 0 bridgehead atoms. The first-order valence-electron chi connectivity index (χ1n) is 6.96. The summed E-state index contributed by atoms with van der Waals surface area (Å²) in [6.45, 7) is -1.33. The summed E-state index contributed by atoms with van der Waals surface area (Å²) < 4.78 is 41.8. The number of carbonyl (C=O) groups is 2. The maximum Gasteiger partial charge on any atom is 0.407 e. The summed E-state index contributed by atoms with van der Waals surface area (Å²) in [6.07, 6.45) is 0.388. The minimum Gasteiger partial charge on any atom is -0.444 e. The summed E-state index contributed by atoms with van der Waals surface area (Å²) in [6, 6.07) is 8.83. The maximum absolute atomic E-state index is 12.5. The van der Waals surface area contributed by atoms with Crippen LogP contribution >= 0.6 is 0 Å². The normalized spacial score (nSPS) is 14.8. The van der Waals surface area contributed by atoms with Crippen LogP contribution in [0.15, 0.2) is 46.2 Å². The van der Waals surface area contributed by atoms with Gasteiger partial charge in [0.25, 0.3) is 0 Å². The van der Waals surface area contributed by atoms with Gasteiger partial charge in [-0.2, -0.15) is 4.39 Å². The number of rotatable bonds is 4. The lowest BCUT2D eigenvalue weighted by molar-refractivity contribution is -0.128. The molecule has 0 radical (unpaired) electrons. The van der Waals surface area contributed by atoms with Crippen LogP contribution in [0.25, 0.3) is 16.8 Å². The first-order chi connectivity index (χ1) is 11.4. The largest absolute Gasteiger partial charge is 0.444 e. The minimum atomic E-state index is -3.75. The van der Waals surface area contributed by atoms with Crippen LogP contribution in [0.1, 0.15) is 5.56 Å². The second-order valence-electron chi connectivity index (χ2n) is 5.10. The van der Waals surface area contributed by atoms with E-state index in [0.29, 0.717) is 5.56 Å². The predicted molar refractivity (Wildman–Crippen MR) is 84.6 cm³/mol. The summed E-state index contributed by atoms with van der Waals surface area (Å²) >= 11 is 0. The summed E-state index contributed by atoms with van der Waals surface area (Å²) in [7, 11) is -3.75. The van der Waals surface area contributed by atoms with Gasteiger partial charge in [-0.3, -0.25) is 4.79 Å². The van der Waals surface area contributed by atoms with Crippen molar-refractivity contribution in [3.8, 4) is 0 Å². The summed E-state index contributed by atoms with van der Waals surface area (Å²) in [5, 5.41) is 3.55. The average molecular weight is 349 g/mol. The molecule has 1 amide bonds. The Labute approximate surface area is 136 Å². The molecule has 0 spiro atoms. The lowest BCUT2D eigenvalue weighted by Crippen LogP contribution is -2.29. The topological polar surface area (TPSA) is 89.5 Å². The van der Waals surface area contributed by atoms with Crippen molar-refractivity contribution in [2.45, 2.75) is 4.90 Å². The number of amides is 1. The van der Waals surface area contributed by atoms with Gasteiger partial charge < -0.3 is 10.1 Å². The van der Waals surface area contributed by atoms with E-state index in [1.54, 1.807) is 12.1 Å². The Kier molecular flexibility index (Phi) is 4.06. The van der Waals surface area contributed by atoms with Gasteiger partial charge in [0.05, 0.1) is 9.80 Å². The van der Waals surface area contributed by atoms with Gasteiger partial charge in [-0.05, 0) is 22.9 Å². The number of hydrogen-bond donors (Lipinski definition) is 1. The van der Waals surface area contributed by atoms with Crippen molar-refractivity contribution < 1.29 is 27.1 Å². The van der Waals surface area contributed by atoms with Gasteiger partial charge in [-0.15, -0.1) is 0 Å². The van der Waals surface area contributed by atoms with Crippen LogP contribution in [0.4, 0.5) is 9.18 Å². The van der Waals surface area contributed by atoms with E-state index in [9.17, 15) is 22.4 Å². The molecule has 0 unspecified atom stereocenters. The highest BCUT2D eigenvalue weighted by Gasteiger charge is 2.31. The van der Waals surface area contributed by atoms with Gasteiger partial charge >= 0.3 is 12.1 Å². The molecule has 24 heavy (non-hydrogen) atoms. The standard InChI is InChI=1S/C16H12FNO5S/c17-15(19)8-18-16(20)23-9-11-7-13-12-4-2-1-3-10(12)5-6-14(13)24(11,21)22/h1-7H,8-9H2,(H,18,20). The Bertz CT molecular complexity index is 981. The molecule has 0 fully saturated rings. The molecule has 1 aliphatic heterocycles. The number of benzene rings is 2. The number of carbonyl (C=O) groups excluding carboxylic acids is 2. The fraction of sp³-hybridized carbons (Fsp3) is 0.125. The smallest absolute Gasteiger partial charge is 0.407 e. The van der Waals surface area contributed by atoms with Crippen LogP contribution in [0.2, 0.25) is 0 Å². The molecule has 6 nitrogen and oxygen atoms in total. The van der Waals surface area contributed by atoms with Crippen molar-refractivity contribution in [1.29, 1.82) is 0 Å². The number of ether oxygens (including phenoxy) is 1. The van der Waals surface area contributed by atoms with Crippen LogP contribution in [-0.4, -0.2) is 33.7 Å². The van der Waals surface area contributed by atoms with E-state index in [4.69, 9.17) is 4.74 Å². The molecular formula is C16H12FNO5S. The molecule has 0 aliphatic carbocycles. The Morgan fingerprint density at radius 3 is 2.62 bits per heavy atom. The molecular weight excluding hydrogens is 337 g/mol. The molecule has 1 N–H and O–H groups in total. The lowest BCUT2D eigenvalue weighted by atomic mass is 10.0. The highest BCUT2D eigenvalue weighted by Crippen LogP contribution is 2.37. The van der Waals surface area contributed by atoms with Gasteiger partial charge in [0, 0.05) is 5.56 Å². The molecule has 0 aromatic heterocycles. The zero-order valence-electron chi connectivity index (χ0n) is 12.3. The third-order valence-electron chi connectivity index (χ3n) is 3.59. The number of alkyl carbamates (subject to hydrolysis) is 1. The molecule has 0 saturated carbocycles. The van der Waals surface area contributed by atoms with Gasteiger partial charge in [-0.1, -0.05) is 30.3 Å². The molecule has 124 valence electrons. The molecule has 8 heteroatoms. The second-order valence-corrected chi connectivity index (χ2v) is 7.07. The number of fused-ring (bicyclic) bond motifs is 3. The molecule has 1 aliphatic rings. The highest BCUT2D eigenvalue weighted by atomic mass is 32.2. The first-order valence-corrected chi connectivity index (χ1v) is 8.44. The molecule has 0 atom stereocenters. The third-order valence-corrected chi connectivity index (χ3v) is 5.45. The fourth-order valence-electron chi connectivity index (χ4n) is 2.49. The van der Waals surface area contributed by atoms with E-state index in [2.05, 4.69) is 0 Å². The maximum atomic E-state index is 12.5. The zero-order valence-corrected chi connectivity index (χ0v) is 13.1. The second kappa shape index (κ2) is 6.04. The van der Waals surface area contributed by atoms with Crippen LogP contribution in [-0.2, 0) is 19.4 Å². The van der Waals surface area contributed by atoms with Crippen molar-refractivity contribution in [2.24, 2.45) is 0 Å². The Balaban J connectivity index is 1.86. The average Bonchev–Trinajstić information content (AvgIpc) is 2.82. The van der Waals surface area contributed by atoms with E-state index in [1.807, 2.05) is 23.5 Å².